The van der Waals surface area contributed by atoms with Crippen LogP contribution >= 0.6 is 15.9 Å². The van der Waals surface area contributed by atoms with Crippen LogP contribution in [0.15, 0.2) is 28.8 Å². The molecule has 0 radical (unpaired) electrons. The van der Waals surface area contributed by atoms with E-state index in [0.29, 0.717) is 17.9 Å². The number of rotatable bonds is 3. The summed E-state index contributed by atoms with van der Waals surface area (Å²) in [6.45, 7) is 2.11. The predicted octanol–water partition coefficient (Wildman–Crippen LogP) is 2.83. The van der Waals surface area contributed by atoms with Gasteiger partial charge in [-0.2, -0.15) is 0 Å². The summed E-state index contributed by atoms with van der Waals surface area (Å²) in [5.74, 6) is -0.360. The molecule has 4 nitrogen and oxygen atoms in total. The van der Waals surface area contributed by atoms with E-state index in [1.54, 1.807) is 13.0 Å². The molecule has 5 heteroatoms. The zero-order chi connectivity index (χ0) is 11.5. The van der Waals surface area contributed by atoms with E-state index in [0.717, 1.165) is 5.39 Å². The number of carbonyl (C=O) groups excluding carboxylic acids is 1. The summed E-state index contributed by atoms with van der Waals surface area (Å²) in [6.07, 6.45) is 0. The predicted molar refractivity (Wildman–Crippen MR) is 62.3 cm³/mol. The lowest BCUT2D eigenvalue weighted by atomic mass is 10.2. The maximum Gasteiger partial charge on any atom is 0.326 e. The first-order chi connectivity index (χ1) is 7.74. The fourth-order valence-corrected chi connectivity index (χ4v) is 1.88. The van der Waals surface area contributed by atoms with Gasteiger partial charge in [-0.05, 0) is 19.1 Å². The highest BCUT2D eigenvalue weighted by atomic mass is 79.9. The Hall–Kier alpha value is -1.36. The van der Waals surface area contributed by atoms with Crippen molar-refractivity contribution >= 4 is 32.9 Å². The minimum absolute atomic E-state index is 0.344. The van der Waals surface area contributed by atoms with Gasteiger partial charge >= 0.3 is 5.97 Å². The van der Waals surface area contributed by atoms with Crippen molar-refractivity contribution in [1.82, 2.24) is 5.16 Å². The molecule has 0 aliphatic rings. The van der Waals surface area contributed by atoms with Gasteiger partial charge in [0.05, 0.1) is 6.61 Å². The molecule has 0 aliphatic carbocycles. The molecule has 1 aromatic heterocycles. The lowest BCUT2D eigenvalue weighted by Gasteiger charge is -2.05. The smallest absolute Gasteiger partial charge is 0.326 e. The molecule has 0 spiro atoms. The van der Waals surface area contributed by atoms with Gasteiger partial charge in [-0.1, -0.05) is 33.2 Å². The lowest BCUT2D eigenvalue weighted by Crippen LogP contribution is -2.11. The Morgan fingerprint density at radius 2 is 2.31 bits per heavy atom. The zero-order valence-corrected chi connectivity index (χ0v) is 10.2. The first-order valence-electron chi connectivity index (χ1n) is 4.89. The molecule has 0 fully saturated rings. The van der Waals surface area contributed by atoms with E-state index in [2.05, 4.69) is 21.1 Å². The number of aromatic nitrogens is 1. The number of hydrogen-bond acceptors (Lipinski definition) is 4. The second-order valence-electron chi connectivity index (χ2n) is 3.18. The number of nitrogens with zero attached hydrogens (tertiary/aromatic N) is 1. The first kappa shape index (κ1) is 11.1. The van der Waals surface area contributed by atoms with Crippen LogP contribution in [-0.2, 0) is 9.53 Å². The molecule has 1 heterocycles. The van der Waals surface area contributed by atoms with Crippen molar-refractivity contribution in [2.75, 3.05) is 6.61 Å². The van der Waals surface area contributed by atoms with Gasteiger partial charge in [-0.3, -0.25) is 4.79 Å². The van der Waals surface area contributed by atoms with Gasteiger partial charge < -0.3 is 9.26 Å². The Morgan fingerprint density at radius 3 is 3.06 bits per heavy atom. The first-order valence-corrected chi connectivity index (χ1v) is 5.80. The highest BCUT2D eigenvalue weighted by Crippen LogP contribution is 2.29. The van der Waals surface area contributed by atoms with E-state index in [4.69, 9.17) is 9.26 Å². The number of fused-ring (bicyclic) bond motifs is 1. The van der Waals surface area contributed by atoms with Gasteiger partial charge in [0, 0.05) is 5.39 Å². The number of para-hydroxylation sites is 1. The summed E-state index contributed by atoms with van der Waals surface area (Å²) in [4.78, 5) is 10.9. The van der Waals surface area contributed by atoms with Gasteiger partial charge in [-0.15, -0.1) is 0 Å². The number of hydrogen-bond donors (Lipinski definition) is 0. The molecule has 84 valence electrons. The summed E-state index contributed by atoms with van der Waals surface area (Å²) in [6, 6.07) is 7.38. The van der Waals surface area contributed by atoms with Gasteiger partial charge in [0.1, 0.15) is 5.69 Å². The minimum Gasteiger partial charge on any atom is -0.465 e. The summed E-state index contributed by atoms with van der Waals surface area (Å²) >= 11 is 3.26. The molecular weight excluding hydrogens is 274 g/mol. The molecule has 0 N–H and O–H groups in total. The van der Waals surface area contributed by atoms with Gasteiger partial charge in [0.15, 0.2) is 10.4 Å². The van der Waals surface area contributed by atoms with Crippen LogP contribution in [0.2, 0.25) is 0 Å². The second-order valence-corrected chi connectivity index (χ2v) is 4.09. The molecule has 0 saturated heterocycles. The molecule has 0 amide bonds. The molecule has 1 atom stereocenters. The third kappa shape index (κ3) is 1.95. The summed E-state index contributed by atoms with van der Waals surface area (Å²) in [5.41, 5.74) is 1.21. The van der Waals surface area contributed by atoms with Crippen LogP contribution in [0.1, 0.15) is 17.4 Å². The molecule has 16 heavy (non-hydrogen) atoms. The van der Waals surface area contributed by atoms with E-state index in [1.807, 2.05) is 18.2 Å². The highest BCUT2D eigenvalue weighted by Gasteiger charge is 2.24. The van der Waals surface area contributed by atoms with Crippen LogP contribution in [0.5, 0.6) is 0 Å². The van der Waals surface area contributed by atoms with Crippen LogP contribution in [0.3, 0.4) is 0 Å². The summed E-state index contributed by atoms with van der Waals surface area (Å²) < 4.78 is 10.0. The Kier molecular flexibility index (Phi) is 3.24. The average molecular weight is 284 g/mol. The van der Waals surface area contributed by atoms with Gasteiger partial charge in [0.25, 0.3) is 0 Å². The number of benzene rings is 1. The van der Waals surface area contributed by atoms with Crippen molar-refractivity contribution in [2.45, 2.75) is 11.8 Å². The molecular formula is C11H10BrNO3. The Balaban J connectivity index is 2.36. The molecule has 1 aromatic carbocycles. The Bertz CT molecular complexity index is 509. The topological polar surface area (TPSA) is 52.3 Å². The Labute approximate surface area is 101 Å². The van der Waals surface area contributed by atoms with Gasteiger partial charge in [-0.25, -0.2) is 0 Å². The molecule has 1 unspecified atom stereocenters. The zero-order valence-electron chi connectivity index (χ0n) is 8.64. The maximum absolute atomic E-state index is 11.5. The fourth-order valence-electron chi connectivity index (χ4n) is 1.42. The number of esters is 1. The van der Waals surface area contributed by atoms with E-state index in [9.17, 15) is 4.79 Å². The van der Waals surface area contributed by atoms with Crippen LogP contribution in [0.25, 0.3) is 11.0 Å². The lowest BCUT2D eigenvalue weighted by molar-refractivity contribution is -0.142. The average Bonchev–Trinajstić information content (AvgIpc) is 2.72. The number of halogens is 1. The monoisotopic (exact) mass is 283 g/mol. The quantitative estimate of drug-likeness (QED) is 0.642. The van der Waals surface area contributed by atoms with Crippen LogP contribution in [0.4, 0.5) is 0 Å². The van der Waals surface area contributed by atoms with E-state index >= 15 is 0 Å². The standard InChI is InChI=1S/C11H10BrNO3/c1-2-15-11(14)9(12)10-7-5-3-4-6-8(7)16-13-10/h3-6,9H,2H2,1H3. The van der Waals surface area contributed by atoms with Crippen LogP contribution in [-0.4, -0.2) is 17.7 Å². The largest absolute Gasteiger partial charge is 0.465 e. The molecule has 2 rings (SSSR count). The minimum atomic E-state index is -0.587. The van der Waals surface area contributed by atoms with Crippen molar-refractivity contribution < 1.29 is 14.1 Å². The number of carbonyl (C=O) groups is 1. The normalized spacial score (nSPS) is 12.6. The van der Waals surface area contributed by atoms with Crippen molar-refractivity contribution in [3.63, 3.8) is 0 Å². The molecule has 0 bridgehead atoms. The number of ether oxygens (including phenoxy) is 1. The van der Waals surface area contributed by atoms with Crippen molar-refractivity contribution in [2.24, 2.45) is 0 Å². The summed E-state index contributed by atoms with van der Waals surface area (Å²) in [7, 11) is 0. The third-order valence-corrected chi connectivity index (χ3v) is 2.95. The van der Waals surface area contributed by atoms with E-state index in [-0.39, 0.29) is 5.97 Å². The van der Waals surface area contributed by atoms with Crippen LogP contribution in [0, 0.1) is 0 Å². The van der Waals surface area contributed by atoms with Crippen LogP contribution < -0.4 is 0 Å². The SMILES string of the molecule is CCOC(=O)C(Br)c1noc2ccccc12. The van der Waals surface area contributed by atoms with E-state index < -0.39 is 4.83 Å². The third-order valence-electron chi connectivity index (χ3n) is 2.14. The fraction of sp³-hybridized carbons (Fsp3) is 0.273. The van der Waals surface area contributed by atoms with E-state index in [1.165, 1.54) is 0 Å². The van der Waals surface area contributed by atoms with Crippen molar-refractivity contribution in [3.8, 4) is 0 Å². The molecule has 0 saturated carbocycles. The maximum atomic E-state index is 11.5. The summed E-state index contributed by atoms with van der Waals surface area (Å²) in [5, 5.41) is 4.69. The van der Waals surface area contributed by atoms with Gasteiger partial charge in [0.2, 0.25) is 0 Å². The second kappa shape index (κ2) is 4.65. The highest BCUT2D eigenvalue weighted by molar-refractivity contribution is 9.09. The molecule has 0 aliphatic heterocycles. The Morgan fingerprint density at radius 1 is 1.56 bits per heavy atom. The van der Waals surface area contributed by atoms with Crippen molar-refractivity contribution in [3.05, 3.63) is 30.0 Å². The molecule has 2 aromatic rings. The number of alkyl halides is 1. The van der Waals surface area contributed by atoms with Crippen molar-refractivity contribution in [1.29, 1.82) is 0 Å².